The minimum Gasteiger partial charge on any atom is -0.352 e. The first-order valence-electron chi connectivity index (χ1n) is 7.17. The average molecular weight is 260 g/mol. The van der Waals surface area contributed by atoms with E-state index in [0.29, 0.717) is 6.42 Å². The number of alkyl halides is 1. The Labute approximate surface area is 110 Å². The second kappa shape index (κ2) is 8.79. The predicted molar refractivity (Wildman–Crippen MR) is 73.4 cm³/mol. The Morgan fingerprint density at radius 3 is 2.59 bits per heavy atom. The van der Waals surface area contributed by atoms with Crippen molar-refractivity contribution in [2.75, 3.05) is 0 Å². The number of amides is 1. The van der Waals surface area contributed by atoms with E-state index >= 15 is 0 Å². The van der Waals surface area contributed by atoms with Gasteiger partial charge in [0.1, 0.15) is 0 Å². The molecule has 17 heavy (non-hydrogen) atoms. The van der Waals surface area contributed by atoms with Crippen LogP contribution in [0, 0.1) is 0 Å². The Hall–Kier alpha value is -0.240. The summed E-state index contributed by atoms with van der Waals surface area (Å²) in [6.07, 6.45) is 11.2. The van der Waals surface area contributed by atoms with E-state index in [1.165, 1.54) is 38.5 Å². The molecule has 1 amide bonds. The van der Waals surface area contributed by atoms with Crippen LogP contribution >= 0.6 is 11.6 Å². The van der Waals surface area contributed by atoms with E-state index in [-0.39, 0.29) is 17.3 Å². The summed E-state index contributed by atoms with van der Waals surface area (Å²) in [5.41, 5.74) is 0. The Balaban J connectivity index is 2.07. The normalized spacial score (nSPS) is 24.6. The zero-order valence-corrected chi connectivity index (χ0v) is 11.8. The van der Waals surface area contributed by atoms with Crippen molar-refractivity contribution in [1.82, 2.24) is 5.32 Å². The lowest BCUT2D eigenvalue weighted by atomic mass is 9.95. The second-order valence-electron chi connectivity index (χ2n) is 5.14. The van der Waals surface area contributed by atoms with Crippen molar-refractivity contribution in [3.63, 3.8) is 0 Å². The largest absolute Gasteiger partial charge is 0.352 e. The lowest BCUT2D eigenvalue weighted by Gasteiger charge is -2.27. The van der Waals surface area contributed by atoms with Crippen molar-refractivity contribution in [3.8, 4) is 0 Å². The fraction of sp³-hybridized carbons (Fsp3) is 0.929. The fourth-order valence-corrected chi connectivity index (χ4v) is 2.76. The molecular formula is C14H26ClNO. The van der Waals surface area contributed by atoms with Gasteiger partial charge in [-0.25, -0.2) is 0 Å². The number of nitrogens with one attached hydrogen (secondary N) is 1. The fourth-order valence-electron chi connectivity index (χ4n) is 2.42. The molecule has 2 atom stereocenters. The molecule has 1 aliphatic rings. The quantitative estimate of drug-likeness (QED) is 0.543. The first-order valence-corrected chi connectivity index (χ1v) is 7.61. The molecule has 1 N–H and O–H groups in total. The van der Waals surface area contributed by atoms with Gasteiger partial charge in [-0.15, -0.1) is 11.6 Å². The van der Waals surface area contributed by atoms with Crippen LogP contribution in [0.2, 0.25) is 0 Å². The number of unbranched alkanes of at least 4 members (excludes halogenated alkanes) is 4. The monoisotopic (exact) mass is 259 g/mol. The Kier molecular flexibility index (Phi) is 7.67. The number of carbonyl (C=O) groups excluding carboxylic acids is 1. The van der Waals surface area contributed by atoms with Crippen LogP contribution < -0.4 is 5.32 Å². The molecular weight excluding hydrogens is 234 g/mol. The SMILES string of the molecule is CCCCCCCC(=O)NC1CCCCC1Cl. The van der Waals surface area contributed by atoms with Gasteiger partial charge in [-0.3, -0.25) is 4.79 Å². The number of rotatable bonds is 7. The molecule has 2 nitrogen and oxygen atoms in total. The molecule has 1 aliphatic carbocycles. The molecule has 0 aromatic rings. The standard InChI is InChI=1S/C14H26ClNO/c1-2-3-4-5-6-11-14(17)16-13-10-8-7-9-12(13)15/h12-13H,2-11H2,1H3,(H,16,17). The summed E-state index contributed by atoms with van der Waals surface area (Å²) in [5, 5.41) is 3.23. The summed E-state index contributed by atoms with van der Waals surface area (Å²) >= 11 is 6.21. The van der Waals surface area contributed by atoms with E-state index in [1.54, 1.807) is 0 Å². The number of carbonyl (C=O) groups is 1. The number of halogens is 1. The zero-order valence-electron chi connectivity index (χ0n) is 11.0. The summed E-state index contributed by atoms with van der Waals surface area (Å²) in [4.78, 5) is 11.7. The second-order valence-corrected chi connectivity index (χ2v) is 5.70. The summed E-state index contributed by atoms with van der Waals surface area (Å²) < 4.78 is 0. The van der Waals surface area contributed by atoms with Crippen molar-refractivity contribution < 1.29 is 4.79 Å². The Morgan fingerprint density at radius 2 is 1.88 bits per heavy atom. The van der Waals surface area contributed by atoms with Gasteiger partial charge in [-0.2, -0.15) is 0 Å². The maximum Gasteiger partial charge on any atom is 0.220 e. The Bertz CT molecular complexity index is 220. The highest BCUT2D eigenvalue weighted by Gasteiger charge is 2.24. The van der Waals surface area contributed by atoms with E-state index in [4.69, 9.17) is 11.6 Å². The van der Waals surface area contributed by atoms with E-state index in [9.17, 15) is 4.79 Å². The summed E-state index contributed by atoms with van der Waals surface area (Å²) in [6, 6.07) is 0.216. The third-order valence-electron chi connectivity index (χ3n) is 3.54. The van der Waals surface area contributed by atoms with Crippen molar-refractivity contribution >= 4 is 17.5 Å². The molecule has 1 rings (SSSR count). The minimum absolute atomic E-state index is 0.146. The first-order chi connectivity index (χ1) is 8.24. The van der Waals surface area contributed by atoms with E-state index in [2.05, 4.69) is 12.2 Å². The molecule has 0 bridgehead atoms. The van der Waals surface area contributed by atoms with Crippen LogP contribution in [-0.2, 0) is 4.79 Å². The highest BCUT2D eigenvalue weighted by molar-refractivity contribution is 6.21. The maximum atomic E-state index is 11.7. The zero-order chi connectivity index (χ0) is 12.5. The summed E-state index contributed by atoms with van der Waals surface area (Å²) in [6.45, 7) is 2.20. The predicted octanol–water partition coefficient (Wildman–Crippen LogP) is 4.01. The van der Waals surface area contributed by atoms with Crippen LogP contribution in [0.25, 0.3) is 0 Å². The number of hydrogen-bond acceptors (Lipinski definition) is 1. The molecule has 0 spiro atoms. The van der Waals surface area contributed by atoms with E-state index < -0.39 is 0 Å². The van der Waals surface area contributed by atoms with Crippen LogP contribution in [0.3, 0.4) is 0 Å². The van der Waals surface area contributed by atoms with Gasteiger partial charge in [-0.1, -0.05) is 45.4 Å². The van der Waals surface area contributed by atoms with Gasteiger partial charge in [0, 0.05) is 12.5 Å². The van der Waals surface area contributed by atoms with Crippen molar-refractivity contribution in [2.45, 2.75) is 82.6 Å². The van der Waals surface area contributed by atoms with Crippen LogP contribution in [0.5, 0.6) is 0 Å². The molecule has 0 saturated heterocycles. The van der Waals surface area contributed by atoms with E-state index in [0.717, 1.165) is 19.3 Å². The maximum absolute atomic E-state index is 11.7. The van der Waals surface area contributed by atoms with Gasteiger partial charge in [0.15, 0.2) is 0 Å². The third kappa shape index (κ3) is 6.30. The highest BCUT2D eigenvalue weighted by Crippen LogP contribution is 2.23. The topological polar surface area (TPSA) is 29.1 Å². The first kappa shape index (κ1) is 14.8. The summed E-state index contributed by atoms with van der Waals surface area (Å²) in [7, 11) is 0. The van der Waals surface area contributed by atoms with Crippen LogP contribution in [0.15, 0.2) is 0 Å². The third-order valence-corrected chi connectivity index (χ3v) is 4.06. The molecule has 100 valence electrons. The molecule has 0 aromatic carbocycles. The molecule has 2 unspecified atom stereocenters. The van der Waals surface area contributed by atoms with Gasteiger partial charge in [-0.05, 0) is 19.3 Å². The van der Waals surface area contributed by atoms with Crippen molar-refractivity contribution in [1.29, 1.82) is 0 Å². The van der Waals surface area contributed by atoms with Gasteiger partial charge >= 0.3 is 0 Å². The smallest absolute Gasteiger partial charge is 0.220 e. The van der Waals surface area contributed by atoms with Crippen molar-refractivity contribution in [2.24, 2.45) is 0 Å². The highest BCUT2D eigenvalue weighted by atomic mass is 35.5. The van der Waals surface area contributed by atoms with Gasteiger partial charge in [0.05, 0.1) is 5.38 Å². The molecule has 0 aromatic heterocycles. The van der Waals surface area contributed by atoms with Crippen LogP contribution in [0.4, 0.5) is 0 Å². The van der Waals surface area contributed by atoms with Crippen LogP contribution in [-0.4, -0.2) is 17.3 Å². The van der Waals surface area contributed by atoms with Gasteiger partial charge in [0.2, 0.25) is 5.91 Å². The van der Waals surface area contributed by atoms with Gasteiger partial charge < -0.3 is 5.32 Å². The molecule has 1 saturated carbocycles. The van der Waals surface area contributed by atoms with Crippen LogP contribution in [0.1, 0.15) is 71.1 Å². The average Bonchev–Trinajstić information content (AvgIpc) is 2.32. The lowest BCUT2D eigenvalue weighted by molar-refractivity contribution is -0.122. The van der Waals surface area contributed by atoms with Crippen molar-refractivity contribution in [3.05, 3.63) is 0 Å². The molecule has 0 heterocycles. The molecule has 3 heteroatoms. The Morgan fingerprint density at radius 1 is 1.18 bits per heavy atom. The molecule has 0 aliphatic heterocycles. The lowest BCUT2D eigenvalue weighted by Crippen LogP contribution is -2.42. The molecule has 0 radical (unpaired) electrons. The van der Waals surface area contributed by atoms with E-state index in [1.807, 2.05) is 0 Å². The minimum atomic E-state index is 0.146. The van der Waals surface area contributed by atoms with Gasteiger partial charge in [0.25, 0.3) is 0 Å². The number of hydrogen-bond donors (Lipinski definition) is 1. The molecule has 1 fully saturated rings. The summed E-state index contributed by atoms with van der Waals surface area (Å²) in [5.74, 6) is 0.194.